The summed E-state index contributed by atoms with van der Waals surface area (Å²) in [6.07, 6.45) is 3.27. The molecular weight excluding hydrogens is 470 g/mol. The van der Waals surface area contributed by atoms with Crippen LogP contribution in [-0.4, -0.2) is 55.2 Å². The van der Waals surface area contributed by atoms with Crippen molar-refractivity contribution in [2.75, 3.05) is 29.5 Å². The van der Waals surface area contributed by atoms with Crippen molar-refractivity contribution in [1.82, 2.24) is 24.4 Å². The second-order valence-corrected chi connectivity index (χ2v) is 10.5. The highest BCUT2D eigenvalue weighted by Crippen LogP contribution is 2.31. The maximum absolute atomic E-state index is 12.5. The smallest absolute Gasteiger partial charge is 0.410 e. The number of hydrogen-bond acceptors (Lipinski definition) is 9. The largest absolute Gasteiger partial charge is 0.444 e. The molecule has 11 heteroatoms. The summed E-state index contributed by atoms with van der Waals surface area (Å²) >= 11 is 0. The molecule has 11 nitrogen and oxygen atoms in total. The number of pyridine rings is 1. The van der Waals surface area contributed by atoms with Gasteiger partial charge in [0, 0.05) is 32.4 Å². The fourth-order valence-electron chi connectivity index (χ4n) is 4.50. The SMILES string of the molecule is Cc1nc(N)nc(NC(C)c2nc3ccn(C)c3cc2NC2CCN(C(=O)OC(C)(C)C)CC2)c1C#N. The Bertz CT molecular complexity index is 1340. The molecule has 1 aliphatic heterocycles. The molecule has 0 aliphatic carbocycles. The lowest BCUT2D eigenvalue weighted by atomic mass is 10.0. The van der Waals surface area contributed by atoms with Crippen LogP contribution < -0.4 is 16.4 Å². The number of nitrogens with one attached hydrogen (secondary N) is 2. The predicted molar refractivity (Wildman–Crippen MR) is 143 cm³/mol. The number of carbonyl (C=O) groups is 1. The number of nitrogens with zero attached hydrogens (tertiary/aromatic N) is 6. The van der Waals surface area contributed by atoms with Gasteiger partial charge < -0.3 is 30.6 Å². The van der Waals surface area contributed by atoms with Crippen molar-refractivity contribution in [3.8, 4) is 6.07 Å². The number of nitrogen functional groups attached to an aromatic ring is 1. The molecule has 0 aromatic carbocycles. The minimum absolute atomic E-state index is 0.104. The van der Waals surface area contributed by atoms with Gasteiger partial charge in [0.25, 0.3) is 0 Å². The zero-order valence-electron chi connectivity index (χ0n) is 22.3. The Morgan fingerprint density at radius 3 is 2.62 bits per heavy atom. The van der Waals surface area contributed by atoms with Crippen LogP contribution in [0.5, 0.6) is 0 Å². The van der Waals surface area contributed by atoms with E-state index in [0.29, 0.717) is 30.2 Å². The average Bonchev–Trinajstić information content (AvgIpc) is 3.17. The zero-order chi connectivity index (χ0) is 26.9. The Labute approximate surface area is 217 Å². The first-order valence-electron chi connectivity index (χ1n) is 12.5. The van der Waals surface area contributed by atoms with Gasteiger partial charge in [-0.1, -0.05) is 0 Å². The Morgan fingerprint density at radius 1 is 1.27 bits per heavy atom. The third-order valence-corrected chi connectivity index (χ3v) is 6.39. The number of rotatable bonds is 5. The van der Waals surface area contributed by atoms with E-state index in [1.54, 1.807) is 11.8 Å². The molecule has 0 radical (unpaired) electrons. The first kappa shape index (κ1) is 26.0. The number of fused-ring (bicyclic) bond motifs is 1. The lowest BCUT2D eigenvalue weighted by molar-refractivity contribution is 0.0210. The number of amides is 1. The molecule has 0 bridgehead atoms. The molecule has 1 amide bonds. The number of likely N-dealkylation sites (tertiary alicyclic amines) is 1. The van der Waals surface area contributed by atoms with Crippen LogP contribution in [0.15, 0.2) is 18.3 Å². The molecule has 4 heterocycles. The number of hydrogen-bond donors (Lipinski definition) is 3. The maximum atomic E-state index is 12.5. The fraction of sp³-hybridized carbons (Fsp3) is 0.500. The highest BCUT2D eigenvalue weighted by molar-refractivity contribution is 5.81. The first-order chi connectivity index (χ1) is 17.4. The number of aromatic nitrogens is 4. The van der Waals surface area contributed by atoms with Crippen molar-refractivity contribution < 1.29 is 9.53 Å². The topological polar surface area (TPSA) is 147 Å². The van der Waals surface area contributed by atoms with E-state index in [0.717, 1.165) is 35.3 Å². The molecule has 0 saturated carbocycles. The van der Waals surface area contributed by atoms with Gasteiger partial charge in [-0.3, -0.25) is 0 Å². The molecular formula is C26H35N9O2. The number of ether oxygens (including phenoxy) is 1. The van der Waals surface area contributed by atoms with E-state index in [-0.39, 0.29) is 24.1 Å². The van der Waals surface area contributed by atoms with Gasteiger partial charge in [0.1, 0.15) is 23.1 Å². The normalized spacial score (nSPS) is 15.3. The number of aryl methyl sites for hydroxylation is 2. The molecule has 3 aromatic rings. The van der Waals surface area contributed by atoms with Crippen molar-refractivity contribution >= 4 is 34.6 Å². The van der Waals surface area contributed by atoms with Crippen molar-refractivity contribution in [3.63, 3.8) is 0 Å². The summed E-state index contributed by atoms with van der Waals surface area (Å²) in [6.45, 7) is 10.6. The number of anilines is 3. The number of piperidine rings is 1. The van der Waals surface area contributed by atoms with E-state index in [1.165, 1.54) is 0 Å². The third kappa shape index (κ3) is 5.85. The molecule has 4 rings (SSSR count). The molecule has 1 atom stereocenters. The number of nitriles is 1. The molecule has 37 heavy (non-hydrogen) atoms. The van der Waals surface area contributed by atoms with E-state index in [4.69, 9.17) is 15.5 Å². The second-order valence-electron chi connectivity index (χ2n) is 10.5. The fourth-order valence-corrected chi connectivity index (χ4v) is 4.50. The van der Waals surface area contributed by atoms with Crippen LogP contribution in [0.25, 0.3) is 11.0 Å². The summed E-state index contributed by atoms with van der Waals surface area (Å²) in [4.78, 5) is 27.5. The lowest BCUT2D eigenvalue weighted by Crippen LogP contribution is -2.44. The van der Waals surface area contributed by atoms with Gasteiger partial charge in [-0.15, -0.1) is 0 Å². The van der Waals surface area contributed by atoms with Gasteiger partial charge >= 0.3 is 6.09 Å². The summed E-state index contributed by atoms with van der Waals surface area (Å²) in [5.74, 6) is 0.486. The summed E-state index contributed by atoms with van der Waals surface area (Å²) < 4.78 is 7.56. The summed E-state index contributed by atoms with van der Waals surface area (Å²) in [6, 6.07) is 6.12. The van der Waals surface area contributed by atoms with Crippen molar-refractivity contribution in [3.05, 3.63) is 35.3 Å². The van der Waals surface area contributed by atoms with Gasteiger partial charge in [-0.2, -0.15) is 10.2 Å². The van der Waals surface area contributed by atoms with Crippen LogP contribution >= 0.6 is 0 Å². The summed E-state index contributed by atoms with van der Waals surface area (Å²) in [5.41, 5.74) is 9.78. The van der Waals surface area contributed by atoms with Crippen molar-refractivity contribution in [2.45, 2.75) is 65.1 Å². The molecule has 1 fully saturated rings. The molecule has 4 N–H and O–H groups in total. The van der Waals surface area contributed by atoms with Crippen LogP contribution in [0.4, 0.5) is 22.2 Å². The zero-order valence-corrected chi connectivity index (χ0v) is 22.3. The van der Waals surface area contributed by atoms with E-state index >= 15 is 0 Å². The lowest BCUT2D eigenvalue weighted by Gasteiger charge is -2.34. The molecule has 3 aromatic heterocycles. The monoisotopic (exact) mass is 505 g/mol. The predicted octanol–water partition coefficient (Wildman–Crippen LogP) is 4.11. The van der Waals surface area contributed by atoms with E-state index in [2.05, 4.69) is 32.7 Å². The number of carbonyl (C=O) groups excluding carboxylic acids is 1. The van der Waals surface area contributed by atoms with Gasteiger partial charge in [-0.25, -0.2) is 14.8 Å². The summed E-state index contributed by atoms with van der Waals surface area (Å²) in [5, 5.41) is 16.6. The molecule has 1 unspecified atom stereocenters. The van der Waals surface area contributed by atoms with Gasteiger partial charge in [0.2, 0.25) is 5.95 Å². The molecule has 1 aliphatic rings. The minimum Gasteiger partial charge on any atom is -0.444 e. The minimum atomic E-state index is -0.515. The van der Waals surface area contributed by atoms with E-state index < -0.39 is 5.60 Å². The molecule has 1 saturated heterocycles. The van der Waals surface area contributed by atoms with Gasteiger partial charge in [-0.05, 0) is 59.6 Å². The third-order valence-electron chi connectivity index (χ3n) is 6.39. The van der Waals surface area contributed by atoms with Crippen molar-refractivity contribution in [2.24, 2.45) is 7.05 Å². The van der Waals surface area contributed by atoms with E-state index in [9.17, 15) is 10.1 Å². The second kappa shape index (κ2) is 10.1. The van der Waals surface area contributed by atoms with Gasteiger partial charge in [0.15, 0.2) is 0 Å². The van der Waals surface area contributed by atoms with Crippen LogP contribution in [-0.2, 0) is 11.8 Å². The van der Waals surface area contributed by atoms with E-state index in [1.807, 2.05) is 51.6 Å². The molecule has 0 spiro atoms. The van der Waals surface area contributed by atoms with Crippen LogP contribution in [0.1, 0.15) is 63.5 Å². The summed E-state index contributed by atoms with van der Waals surface area (Å²) in [7, 11) is 1.99. The molecule has 196 valence electrons. The highest BCUT2D eigenvalue weighted by atomic mass is 16.6. The Balaban J connectivity index is 1.57. The van der Waals surface area contributed by atoms with Crippen LogP contribution in [0.2, 0.25) is 0 Å². The Kier molecular flexibility index (Phi) is 7.12. The average molecular weight is 506 g/mol. The van der Waals surface area contributed by atoms with Crippen LogP contribution in [0.3, 0.4) is 0 Å². The quantitative estimate of drug-likeness (QED) is 0.466. The van der Waals surface area contributed by atoms with Gasteiger partial charge in [0.05, 0.1) is 34.2 Å². The van der Waals surface area contributed by atoms with Crippen molar-refractivity contribution in [1.29, 1.82) is 5.26 Å². The standard InChI is InChI=1S/C26H35N9O2/c1-15-18(14-27)23(33-24(28)30-15)29-16(2)22-20(13-21-19(32-22)9-10-34(21)6)31-17-7-11-35(12-8-17)25(36)37-26(3,4)5/h9-10,13,16-17,31H,7-8,11-12H2,1-6H3,(H3,28,29,30,33). The Hall–Kier alpha value is -4.07. The highest BCUT2D eigenvalue weighted by Gasteiger charge is 2.28. The number of nitrogens with two attached hydrogens (primary N) is 1. The Morgan fingerprint density at radius 2 is 1.97 bits per heavy atom. The van der Waals surface area contributed by atoms with Crippen LogP contribution in [0, 0.1) is 18.3 Å². The first-order valence-corrected chi connectivity index (χ1v) is 12.5. The maximum Gasteiger partial charge on any atom is 0.410 e.